The standard InChI is InChI=1S/C31H33NO3/c1-6-11-28(26-14-9-7-12-22(26)2)30(33)32-20-23-13-8-10-15-27(23)29(32)21-34-24-16-18-25(19-17-24)35-31(3,4)5/h6-19,29H,1,20-21H2,2-5H3/b28-11+. The van der Waals surface area contributed by atoms with Crippen LogP contribution in [0.5, 0.6) is 11.5 Å². The van der Waals surface area contributed by atoms with Gasteiger partial charge in [-0.3, -0.25) is 4.79 Å². The minimum atomic E-state index is -0.259. The number of hydrogen-bond donors (Lipinski definition) is 0. The number of ether oxygens (including phenoxy) is 2. The predicted octanol–water partition coefficient (Wildman–Crippen LogP) is 6.90. The SMILES string of the molecule is C=C/C=C(/C(=O)N1Cc2ccccc2C1COc1ccc(OC(C)(C)C)cc1)c1ccccc1C. The van der Waals surface area contributed by atoms with Crippen LogP contribution in [0.4, 0.5) is 0 Å². The summed E-state index contributed by atoms with van der Waals surface area (Å²) in [6, 6.07) is 23.6. The fraction of sp³-hybridized carbons (Fsp3) is 0.258. The predicted molar refractivity (Wildman–Crippen MR) is 141 cm³/mol. The Labute approximate surface area is 208 Å². The first-order valence-electron chi connectivity index (χ1n) is 12.0. The molecule has 1 aliphatic rings. The van der Waals surface area contributed by atoms with E-state index in [0.717, 1.165) is 33.8 Å². The molecule has 1 heterocycles. The van der Waals surface area contributed by atoms with E-state index in [2.05, 4.69) is 18.7 Å². The molecule has 0 saturated carbocycles. The van der Waals surface area contributed by atoms with Crippen molar-refractivity contribution in [1.29, 1.82) is 0 Å². The van der Waals surface area contributed by atoms with Crippen molar-refractivity contribution in [2.45, 2.75) is 45.9 Å². The summed E-state index contributed by atoms with van der Waals surface area (Å²) >= 11 is 0. The molecular formula is C31H33NO3. The monoisotopic (exact) mass is 467 g/mol. The van der Waals surface area contributed by atoms with Crippen molar-refractivity contribution in [2.24, 2.45) is 0 Å². The van der Waals surface area contributed by atoms with Crippen molar-refractivity contribution in [3.63, 3.8) is 0 Å². The van der Waals surface area contributed by atoms with E-state index in [4.69, 9.17) is 9.47 Å². The molecule has 0 N–H and O–H groups in total. The van der Waals surface area contributed by atoms with Crippen molar-refractivity contribution >= 4 is 11.5 Å². The Hall–Kier alpha value is -3.79. The molecule has 3 aromatic rings. The van der Waals surface area contributed by atoms with Crippen molar-refractivity contribution in [3.8, 4) is 11.5 Å². The highest BCUT2D eigenvalue weighted by molar-refractivity contribution is 6.20. The summed E-state index contributed by atoms with van der Waals surface area (Å²) in [5.41, 5.74) is 4.62. The molecule has 35 heavy (non-hydrogen) atoms. The first kappa shape index (κ1) is 24.3. The molecule has 0 radical (unpaired) electrons. The Morgan fingerprint density at radius 2 is 1.66 bits per heavy atom. The summed E-state index contributed by atoms with van der Waals surface area (Å²) < 4.78 is 12.1. The zero-order valence-electron chi connectivity index (χ0n) is 21.0. The first-order valence-corrected chi connectivity index (χ1v) is 12.0. The average molecular weight is 468 g/mol. The van der Waals surface area contributed by atoms with Gasteiger partial charge in [-0.15, -0.1) is 0 Å². The molecule has 0 spiro atoms. The summed E-state index contributed by atoms with van der Waals surface area (Å²) in [6.45, 7) is 12.8. The van der Waals surface area contributed by atoms with Crippen LogP contribution < -0.4 is 9.47 Å². The van der Waals surface area contributed by atoms with E-state index < -0.39 is 0 Å². The minimum absolute atomic E-state index is 0.0297. The highest BCUT2D eigenvalue weighted by atomic mass is 16.5. The van der Waals surface area contributed by atoms with Crippen molar-refractivity contribution in [1.82, 2.24) is 4.90 Å². The highest BCUT2D eigenvalue weighted by Crippen LogP contribution is 2.37. The lowest BCUT2D eigenvalue weighted by molar-refractivity contribution is -0.127. The summed E-state index contributed by atoms with van der Waals surface area (Å²) in [5.74, 6) is 1.51. The molecule has 1 unspecified atom stereocenters. The smallest absolute Gasteiger partial charge is 0.255 e. The van der Waals surface area contributed by atoms with Gasteiger partial charge in [-0.25, -0.2) is 0 Å². The number of nitrogens with zero attached hydrogens (tertiary/aromatic N) is 1. The number of amides is 1. The van der Waals surface area contributed by atoms with E-state index in [0.29, 0.717) is 18.7 Å². The normalized spacial score (nSPS) is 15.5. The van der Waals surface area contributed by atoms with Crippen LogP contribution in [0.1, 0.15) is 49.1 Å². The second-order valence-corrected chi connectivity index (χ2v) is 9.78. The van der Waals surface area contributed by atoms with Gasteiger partial charge in [0.25, 0.3) is 5.91 Å². The van der Waals surface area contributed by atoms with E-state index in [1.807, 2.05) is 93.3 Å². The van der Waals surface area contributed by atoms with Crippen LogP contribution >= 0.6 is 0 Å². The molecule has 0 aromatic heterocycles. The van der Waals surface area contributed by atoms with E-state index in [1.165, 1.54) is 0 Å². The molecule has 4 nitrogen and oxygen atoms in total. The Bertz CT molecular complexity index is 1230. The molecular weight excluding hydrogens is 434 g/mol. The van der Waals surface area contributed by atoms with Crippen LogP contribution in [-0.4, -0.2) is 23.0 Å². The van der Waals surface area contributed by atoms with Crippen LogP contribution in [-0.2, 0) is 11.3 Å². The van der Waals surface area contributed by atoms with E-state index in [1.54, 1.807) is 12.2 Å². The number of rotatable bonds is 7. The molecule has 4 rings (SSSR count). The van der Waals surface area contributed by atoms with Crippen molar-refractivity contribution < 1.29 is 14.3 Å². The van der Waals surface area contributed by atoms with E-state index >= 15 is 0 Å². The highest BCUT2D eigenvalue weighted by Gasteiger charge is 2.35. The van der Waals surface area contributed by atoms with Crippen LogP contribution in [0.15, 0.2) is 91.5 Å². The largest absolute Gasteiger partial charge is 0.491 e. The number of fused-ring (bicyclic) bond motifs is 1. The fourth-order valence-corrected chi connectivity index (χ4v) is 4.41. The molecule has 180 valence electrons. The molecule has 0 aliphatic carbocycles. The Morgan fingerprint density at radius 3 is 2.34 bits per heavy atom. The molecule has 3 aromatic carbocycles. The van der Waals surface area contributed by atoms with Gasteiger partial charge in [-0.05, 0) is 80.3 Å². The van der Waals surface area contributed by atoms with Crippen molar-refractivity contribution in [2.75, 3.05) is 6.61 Å². The number of aryl methyl sites for hydroxylation is 1. The second kappa shape index (κ2) is 10.2. The lowest BCUT2D eigenvalue weighted by atomic mass is 9.98. The van der Waals surface area contributed by atoms with Gasteiger partial charge in [-0.1, -0.05) is 61.2 Å². The number of benzene rings is 3. The van der Waals surface area contributed by atoms with Crippen LogP contribution in [0.25, 0.3) is 5.57 Å². The summed E-state index contributed by atoms with van der Waals surface area (Å²) in [4.78, 5) is 15.8. The van der Waals surface area contributed by atoms with E-state index in [9.17, 15) is 4.79 Å². The molecule has 0 bridgehead atoms. The number of hydrogen-bond acceptors (Lipinski definition) is 3. The van der Waals surface area contributed by atoms with Crippen LogP contribution in [0, 0.1) is 6.92 Å². The number of carbonyl (C=O) groups is 1. The van der Waals surface area contributed by atoms with Crippen molar-refractivity contribution in [3.05, 3.63) is 114 Å². The van der Waals surface area contributed by atoms with Gasteiger partial charge in [0, 0.05) is 12.1 Å². The number of carbonyl (C=O) groups excluding carboxylic acids is 1. The molecule has 4 heteroatoms. The van der Waals surface area contributed by atoms with Gasteiger partial charge >= 0.3 is 0 Å². The van der Waals surface area contributed by atoms with Gasteiger partial charge in [0.2, 0.25) is 0 Å². The zero-order chi connectivity index (χ0) is 25.0. The topological polar surface area (TPSA) is 38.8 Å². The van der Waals surface area contributed by atoms with Gasteiger partial charge in [0.15, 0.2) is 0 Å². The minimum Gasteiger partial charge on any atom is -0.491 e. The quantitative estimate of drug-likeness (QED) is 0.280. The Balaban J connectivity index is 1.58. The maximum absolute atomic E-state index is 13.9. The third-order valence-corrected chi connectivity index (χ3v) is 6.00. The Morgan fingerprint density at radius 1 is 1.00 bits per heavy atom. The van der Waals surface area contributed by atoms with Crippen LogP contribution in [0.2, 0.25) is 0 Å². The van der Waals surface area contributed by atoms with Gasteiger partial charge in [0.05, 0.1) is 6.04 Å². The second-order valence-electron chi connectivity index (χ2n) is 9.78. The summed E-state index contributed by atoms with van der Waals surface area (Å²) in [6.07, 6.45) is 3.48. The Kier molecular flexibility index (Phi) is 7.11. The maximum atomic E-state index is 13.9. The number of allylic oxidation sites excluding steroid dienone is 2. The van der Waals surface area contributed by atoms with E-state index in [-0.39, 0.29) is 17.6 Å². The lowest BCUT2D eigenvalue weighted by Crippen LogP contribution is -2.33. The molecule has 1 amide bonds. The maximum Gasteiger partial charge on any atom is 0.255 e. The molecule has 1 aliphatic heterocycles. The summed E-state index contributed by atoms with van der Waals surface area (Å²) in [7, 11) is 0. The molecule has 1 atom stereocenters. The zero-order valence-corrected chi connectivity index (χ0v) is 21.0. The van der Waals surface area contributed by atoms with Gasteiger partial charge < -0.3 is 14.4 Å². The fourth-order valence-electron chi connectivity index (χ4n) is 4.41. The third-order valence-electron chi connectivity index (χ3n) is 6.00. The average Bonchev–Trinajstić information content (AvgIpc) is 3.20. The van der Waals surface area contributed by atoms with Gasteiger partial charge in [0.1, 0.15) is 23.7 Å². The molecule has 0 fully saturated rings. The third kappa shape index (κ3) is 5.65. The van der Waals surface area contributed by atoms with Crippen LogP contribution in [0.3, 0.4) is 0 Å². The first-order chi connectivity index (χ1) is 16.8. The van der Waals surface area contributed by atoms with Gasteiger partial charge in [-0.2, -0.15) is 0 Å². The lowest BCUT2D eigenvalue weighted by Gasteiger charge is -2.27. The molecule has 0 saturated heterocycles. The summed E-state index contributed by atoms with van der Waals surface area (Å²) in [5, 5.41) is 0.